The molecule has 0 spiro atoms. The van der Waals surface area contributed by atoms with Gasteiger partial charge in [-0.05, 0) is 48.6 Å². The van der Waals surface area contributed by atoms with Crippen LogP contribution in [0.3, 0.4) is 0 Å². The molecule has 10 nitrogen and oxygen atoms in total. The van der Waals surface area contributed by atoms with Crippen LogP contribution < -0.4 is 16.4 Å². The number of benzene rings is 1. The molecule has 4 aromatic rings. The van der Waals surface area contributed by atoms with E-state index in [1.165, 1.54) is 0 Å². The van der Waals surface area contributed by atoms with Crippen molar-refractivity contribution < 1.29 is 14.3 Å². The van der Waals surface area contributed by atoms with E-state index in [2.05, 4.69) is 25.6 Å². The molecule has 3 aromatic heterocycles. The number of ether oxygens (including phenoxy) is 1. The molecule has 0 aliphatic rings. The van der Waals surface area contributed by atoms with Gasteiger partial charge in [0.25, 0.3) is 0 Å². The molecule has 3 heterocycles. The monoisotopic (exact) mass is 495 g/mol. The van der Waals surface area contributed by atoms with Gasteiger partial charge in [-0.15, -0.1) is 12.4 Å². The van der Waals surface area contributed by atoms with E-state index in [0.717, 1.165) is 16.5 Å². The van der Waals surface area contributed by atoms with Gasteiger partial charge in [0, 0.05) is 55.5 Å². The summed E-state index contributed by atoms with van der Waals surface area (Å²) in [6, 6.07) is 9.01. The molecular formula is C24H26ClN7O3. The van der Waals surface area contributed by atoms with Gasteiger partial charge in [-0.2, -0.15) is 0 Å². The number of imidazole rings is 1. The number of halogens is 1. The third kappa shape index (κ3) is 5.02. The van der Waals surface area contributed by atoms with Gasteiger partial charge in [0.2, 0.25) is 0 Å². The summed E-state index contributed by atoms with van der Waals surface area (Å²) in [6.07, 6.45) is 7.51. The van der Waals surface area contributed by atoms with Crippen LogP contribution in [0.4, 0.5) is 15.4 Å². The van der Waals surface area contributed by atoms with E-state index in [-0.39, 0.29) is 18.4 Å². The number of anilines is 1. The van der Waals surface area contributed by atoms with Crippen molar-refractivity contribution in [1.29, 1.82) is 0 Å². The lowest BCUT2D eigenvalue weighted by Gasteiger charge is -2.30. The van der Waals surface area contributed by atoms with Crippen molar-refractivity contribution >= 4 is 41.1 Å². The number of aromatic nitrogens is 4. The van der Waals surface area contributed by atoms with Crippen LogP contribution in [0, 0.1) is 0 Å². The SMILES string of the molecule is CCNC(=O)Nc1cc2c(-c3ccncc3)ccc(C(C)(OC(N)=O)c3nccn3C)c2cn1.Cl. The van der Waals surface area contributed by atoms with E-state index in [1.807, 2.05) is 38.2 Å². The largest absolute Gasteiger partial charge is 0.430 e. The van der Waals surface area contributed by atoms with E-state index in [1.54, 1.807) is 48.5 Å². The molecule has 0 aliphatic heterocycles. The van der Waals surface area contributed by atoms with Gasteiger partial charge < -0.3 is 20.4 Å². The first-order valence-electron chi connectivity index (χ1n) is 10.7. The van der Waals surface area contributed by atoms with E-state index in [9.17, 15) is 9.59 Å². The summed E-state index contributed by atoms with van der Waals surface area (Å²) in [4.78, 5) is 37.0. The number of urea groups is 1. The van der Waals surface area contributed by atoms with Crippen molar-refractivity contribution in [1.82, 2.24) is 24.8 Å². The number of pyridine rings is 2. The molecule has 0 bridgehead atoms. The lowest BCUT2D eigenvalue weighted by atomic mass is 9.87. The Hall–Kier alpha value is -4.18. The minimum Gasteiger partial charge on any atom is -0.430 e. The maximum Gasteiger partial charge on any atom is 0.405 e. The standard InChI is InChI=1S/C24H25N7O3.ClH/c1-4-27-23(33)30-20-13-17-16(15-7-9-26-10-8-15)5-6-19(18(17)14-29-20)24(2,34-22(25)32)21-28-11-12-31(21)3;/h5-14H,4H2,1-3H3,(H2,25,32)(H2,27,29,30,33);1H. The second-order valence-corrected chi connectivity index (χ2v) is 7.81. The summed E-state index contributed by atoms with van der Waals surface area (Å²) >= 11 is 0. The van der Waals surface area contributed by atoms with Crippen molar-refractivity contribution in [2.45, 2.75) is 19.4 Å². The molecule has 182 valence electrons. The fraction of sp³-hybridized carbons (Fsp3) is 0.208. The minimum absolute atomic E-state index is 0. The van der Waals surface area contributed by atoms with Crippen LogP contribution in [0.1, 0.15) is 25.2 Å². The summed E-state index contributed by atoms with van der Waals surface area (Å²) in [5.74, 6) is 0.870. The highest BCUT2D eigenvalue weighted by Crippen LogP contribution is 2.40. The second-order valence-electron chi connectivity index (χ2n) is 7.81. The molecular weight excluding hydrogens is 470 g/mol. The van der Waals surface area contributed by atoms with Crippen LogP contribution in [-0.2, 0) is 17.4 Å². The molecule has 0 saturated heterocycles. The molecule has 4 rings (SSSR count). The molecule has 0 fully saturated rings. The molecule has 4 N–H and O–H groups in total. The van der Waals surface area contributed by atoms with Gasteiger partial charge in [0.05, 0.1) is 0 Å². The molecule has 1 unspecified atom stereocenters. The van der Waals surface area contributed by atoms with Crippen LogP contribution >= 0.6 is 12.4 Å². The predicted octanol–water partition coefficient (Wildman–Crippen LogP) is 3.95. The lowest BCUT2D eigenvalue weighted by molar-refractivity contribution is 0.0522. The average Bonchev–Trinajstić information content (AvgIpc) is 3.25. The van der Waals surface area contributed by atoms with Gasteiger partial charge >= 0.3 is 12.1 Å². The molecule has 0 radical (unpaired) electrons. The number of aryl methyl sites for hydroxylation is 1. The van der Waals surface area contributed by atoms with E-state index in [0.29, 0.717) is 29.1 Å². The number of hydrogen-bond acceptors (Lipinski definition) is 6. The van der Waals surface area contributed by atoms with Crippen molar-refractivity contribution in [3.05, 3.63) is 72.7 Å². The Bertz CT molecular complexity index is 1360. The summed E-state index contributed by atoms with van der Waals surface area (Å²) in [6.45, 7) is 4.05. The highest BCUT2D eigenvalue weighted by atomic mass is 35.5. The average molecular weight is 496 g/mol. The first-order chi connectivity index (χ1) is 16.3. The van der Waals surface area contributed by atoms with Crippen molar-refractivity contribution in [2.75, 3.05) is 11.9 Å². The number of hydrogen-bond donors (Lipinski definition) is 3. The van der Waals surface area contributed by atoms with E-state index >= 15 is 0 Å². The maximum atomic E-state index is 12.1. The molecule has 35 heavy (non-hydrogen) atoms. The Labute approximate surface area is 208 Å². The fourth-order valence-electron chi connectivity index (χ4n) is 4.08. The highest BCUT2D eigenvalue weighted by Gasteiger charge is 2.38. The number of primary amides is 1. The Morgan fingerprint density at radius 2 is 1.86 bits per heavy atom. The van der Waals surface area contributed by atoms with Crippen LogP contribution in [0.15, 0.2) is 61.3 Å². The molecule has 0 saturated carbocycles. The molecule has 0 aliphatic carbocycles. The summed E-state index contributed by atoms with van der Waals surface area (Å²) in [7, 11) is 1.81. The number of nitrogens with zero attached hydrogens (tertiary/aromatic N) is 4. The smallest absolute Gasteiger partial charge is 0.405 e. The normalized spacial score (nSPS) is 12.3. The number of fused-ring (bicyclic) bond motifs is 1. The second kappa shape index (κ2) is 10.4. The number of carbonyl (C=O) groups is 2. The summed E-state index contributed by atoms with van der Waals surface area (Å²) < 4.78 is 7.44. The van der Waals surface area contributed by atoms with E-state index in [4.69, 9.17) is 10.5 Å². The zero-order valence-electron chi connectivity index (χ0n) is 19.5. The predicted molar refractivity (Wildman–Crippen MR) is 135 cm³/mol. The summed E-state index contributed by atoms with van der Waals surface area (Å²) in [5, 5.41) is 6.94. The van der Waals surface area contributed by atoms with Crippen LogP contribution in [-0.4, -0.2) is 38.2 Å². The fourth-order valence-corrected chi connectivity index (χ4v) is 4.08. The van der Waals surface area contributed by atoms with E-state index < -0.39 is 11.7 Å². The van der Waals surface area contributed by atoms with Crippen LogP contribution in [0.5, 0.6) is 0 Å². The Balaban J connectivity index is 0.00000342. The Kier molecular flexibility index (Phi) is 7.55. The minimum atomic E-state index is -1.30. The van der Waals surface area contributed by atoms with Gasteiger partial charge in [0.15, 0.2) is 11.4 Å². The first kappa shape index (κ1) is 25.4. The van der Waals surface area contributed by atoms with Crippen molar-refractivity contribution in [2.24, 2.45) is 12.8 Å². The van der Waals surface area contributed by atoms with Gasteiger partial charge in [-0.25, -0.2) is 19.6 Å². The van der Waals surface area contributed by atoms with Crippen LogP contribution in [0.2, 0.25) is 0 Å². The molecule has 1 aromatic carbocycles. The number of amides is 3. The molecule has 1 atom stereocenters. The Morgan fingerprint density at radius 1 is 1.11 bits per heavy atom. The number of rotatable bonds is 6. The molecule has 11 heteroatoms. The topological polar surface area (TPSA) is 137 Å². The lowest BCUT2D eigenvalue weighted by Crippen LogP contribution is -2.35. The summed E-state index contributed by atoms with van der Waals surface area (Å²) in [5.41, 5.74) is 6.64. The number of nitrogens with one attached hydrogen (secondary N) is 2. The first-order valence-corrected chi connectivity index (χ1v) is 10.7. The van der Waals surface area contributed by atoms with Crippen LogP contribution in [0.25, 0.3) is 21.9 Å². The van der Waals surface area contributed by atoms with Crippen molar-refractivity contribution in [3.63, 3.8) is 0 Å². The highest BCUT2D eigenvalue weighted by molar-refractivity contribution is 6.01. The zero-order valence-corrected chi connectivity index (χ0v) is 20.3. The number of nitrogens with two attached hydrogens (primary N) is 1. The van der Waals surface area contributed by atoms with Gasteiger partial charge in [-0.3, -0.25) is 10.3 Å². The number of carbonyl (C=O) groups excluding carboxylic acids is 2. The third-order valence-electron chi connectivity index (χ3n) is 5.54. The van der Waals surface area contributed by atoms with Gasteiger partial charge in [0.1, 0.15) is 5.82 Å². The maximum absolute atomic E-state index is 12.1. The molecule has 3 amide bonds. The van der Waals surface area contributed by atoms with Crippen molar-refractivity contribution in [3.8, 4) is 11.1 Å². The quantitative estimate of drug-likeness (QED) is 0.370. The van der Waals surface area contributed by atoms with Gasteiger partial charge in [-0.1, -0.05) is 12.1 Å². The Morgan fingerprint density at radius 3 is 2.49 bits per heavy atom. The third-order valence-corrected chi connectivity index (χ3v) is 5.54. The zero-order chi connectivity index (χ0) is 24.3.